The lowest BCUT2D eigenvalue weighted by Crippen LogP contribution is -2.15. The maximum atomic E-state index is 14.3. The van der Waals surface area contributed by atoms with Gasteiger partial charge in [0.2, 0.25) is 5.88 Å². The maximum Gasteiger partial charge on any atom is 0.263 e. The van der Waals surface area contributed by atoms with E-state index in [1.54, 1.807) is 36.4 Å². The van der Waals surface area contributed by atoms with Gasteiger partial charge in [-0.2, -0.15) is 0 Å². The highest BCUT2D eigenvalue weighted by Crippen LogP contribution is 2.41. The van der Waals surface area contributed by atoms with Gasteiger partial charge in [0.25, 0.3) is 5.91 Å². The molecule has 11 heteroatoms. The number of fused-ring (bicyclic) bond motifs is 2. The molecule has 1 aromatic heterocycles. The number of aromatic nitrogens is 1. The first kappa shape index (κ1) is 24.1. The van der Waals surface area contributed by atoms with Crippen LogP contribution in [-0.2, 0) is 17.9 Å². The summed E-state index contributed by atoms with van der Waals surface area (Å²) in [7, 11) is 2.89. The highest BCUT2D eigenvalue weighted by atomic mass is 19.1. The molecule has 0 atom stereocenters. The molecule has 0 bridgehead atoms. The molecular formula is C26H22FN3O7. The van der Waals surface area contributed by atoms with Crippen molar-refractivity contribution in [2.45, 2.75) is 13.2 Å². The van der Waals surface area contributed by atoms with Crippen molar-refractivity contribution in [1.82, 2.24) is 4.57 Å². The molecule has 5 rings (SSSR count). The number of nitrogens with one attached hydrogen (secondary N) is 1. The molecular weight excluding hydrogens is 485 g/mol. The molecule has 1 aliphatic rings. The van der Waals surface area contributed by atoms with Gasteiger partial charge in [-0.25, -0.2) is 4.39 Å². The molecule has 10 nitrogen and oxygen atoms in total. The largest absolute Gasteiger partial charge is 0.496 e. The number of methoxy groups -OCH3 is 2. The molecule has 0 saturated carbocycles. The minimum Gasteiger partial charge on any atom is -0.496 e. The number of amides is 1. The van der Waals surface area contributed by atoms with E-state index >= 15 is 0 Å². The second-order valence-electron chi connectivity index (χ2n) is 8.24. The second-order valence-corrected chi connectivity index (χ2v) is 8.24. The number of ether oxygens (including phenoxy) is 4. The van der Waals surface area contributed by atoms with Crippen LogP contribution in [-0.4, -0.2) is 36.6 Å². The predicted molar refractivity (Wildman–Crippen MR) is 132 cm³/mol. The summed E-state index contributed by atoms with van der Waals surface area (Å²) in [5.74, 6) is -0.284. The predicted octanol–water partition coefficient (Wildman–Crippen LogP) is 5.07. The lowest BCUT2D eigenvalue weighted by atomic mass is 10.1. The van der Waals surface area contributed by atoms with Gasteiger partial charge < -0.3 is 33.9 Å². The van der Waals surface area contributed by atoms with Crippen LogP contribution in [0.1, 0.15) is 21.5 Å². The Morgan fingerprint density at radius 3 is 2.62 bits per heavy atom. The molecule has 0 aliphatic carbocycles. The van der Waals surface area contributed by atoms with E-state index in [0.29, 0.717) is 45.0 Å². The summed E-state index contributed by atoms with van der Waals surface area (Å²) in [4.78, 5) is 24.7. The monoisotopic (exact) mass is 507 g/mol. The Morgan fingerprint density at radius 1 is 1.16 bits per heavy atom. The molecule has 1 amide bonds. The molecule has 0 saturated heterocycles. The van der Waals surface area contributed by atoms with Gasteiger partial charge in [0.15, 0.2) is 12.5 Å². The number of aromatic hydroxyl groups is 1. The van der Waals surface area contributed by atoms with Gasteiger partial charge in [-0.05, 0) is 47.6 Å². The van der Waals surface area contributed by atoms with E-state index in [4.69, 9.17) is 18.9 Å². The minimum atomic E-state index is -0.494. The van der Waals surface area contributed by atoms with E-state index in [1.807, 2.05) is 0 Å². The average Bonchev–Trinajstić information content (AvgIpc) is 3.17. The van der Waals surface area contributed by atoms with Gasteiger partial charge in [-0.15, -0.1) is 4.91 Å². The fraction of sp³-hybridized carbons (Fsp3) is 0.192. The Hall–Kier alpha value is -4.64. The molecule has 4 aromatic rings. The zero-order valence-electron chi connectivity index (χ0n) is 19.9. The normalized spacial score (nSPS) is 12.5. The summed E-state index contributed by atoms with van der Waals surface area (Å²) in [5.41, 5.74) is 1.76. The fourth-order valence-electron chi connectivity index (χ4n) is 4.46. The number of carbonyl (C=O) groups is 1. The molecule has 37 heavy (non-hydrogen) atoms. The highest BCUT2D eigenvalue weighted by molar-refractivity contribution is 6.09. The topological polar surface area (TPSA) is 121 Å². The zero-order valence-corrected chi connectivity index (χ0v) is 19.9. The quantitative estimate of drug-likeness (QED) is 0.335. The molecule has 2 heterocycles. The second kappa shape index (κ2) is 9.78. The third-order valence-corrected chi connectivity index (χ3v) is 6.10. The smallest absolute Gasteiger partial charge is 0.263 e. The van der Waals surface area contributed by atoms with Crippen LogP contribution in [0.2, 0.25) is 0 Å². The minimum absolute atomic E-state index is 0.00771. The van der Waals surface area contributed by atoms with Crippen LogP contribution in [0.15, 0.2) is 53.7 Å². The zero-order chi connectivity index (χ0) is 26.1. The Balaban J connectivity index is 1.56. The van der Waals surface area contributed by atoms with Gasteiger partial charge in [-0.1, -0.05) is 6.07 Å². The summed E-state index contributed by atoms with van der Waals surface area (Å²) >= 11 is 0. The summed E-state index contributed by atoms with van der Waals surface area (Å²) in [6.45, 7) is 0.158. The molecule has 2 N–H and O–H groups in total. The maximum absolute atomic E-state index is 14.3. The molecule has 0 unspecified atom stereocenters. The van der Waals surface area contributed by atoms with Crippen LogP contribution in [0.25, 0.3) is 10.9 Å². The van der Waals surface area contributed by atoms with E-state index < -0.39 is 17.6 Å². The van der Waals surface area contributed by atoms with Gasteiger partial charge in [0, 0.05) is 22.2 Å². The summed E-state index contributed by atoms with van der Waals surface area (Å²) < 4.78 is 37.2. The third-order valence-electron chi connectivity index (χ3n) is 6.10. The van der Waals surface area contributed by atoms with Crippen LogP contribution < -0.4 is 19.5 Å². The highest BCUT2D eigenvalue weighted by Gasteiger charge is 2.23. The number of halogens is 1. The number of nitrogens with zero attached hydrogens (tertiary/aromatic N) is 2. The molecule has 1 aliphatic heterocycles. The van der Waals surface area contributed by atoms with E-state index in [1.165, 1.54) is 30.9 Å². The number of carbonyl (C=O) groups excluding carboxylic acids is 1. The lowest BCUT2D eigenvalue weighted by molar-refractivity contribution is -0.0173. The first-order valence-electron chi connectivity index (χ1n) is 11.2. The number of anilines is 1. The van der Waals surface area contributed by atoms with Crippen molar-refractivity contribution in [3.63, 3.8) is 0 Å². The molecule has 0 fully saturated rings. The van der Waals surface area contributed by atoms with Gasteiger partial charge >= 0.3 is 0 Å². The van der Waals surface area contributed by atoms with Crippen molar-refractivity contribution in [2.75, 3.05) is 26.3 Å². The van der Waals surface area contributed by atoms with E-state index in [-0.39, 0.29) is 31.2 Å². The first-order valence-corrected chi connectivity index (χ1v) is 11.2. The average molecular weight is 507 g/mol. The fourth-order valence-corrected chi connectivity index (χ4v) is 4.46. The Morgan fingerprint density at radius 2 is 1.92 bits per heavy atom. The van der Waals surface area contributed by atoms with Crippen molar-refractivity contribution in [2.24, 2.45) is 5.18 Å². The Kier molecular flexibility index (Phi) is 6.36. The van der Waals surface area contributed by atoms with E-state index in [0.717, 1.165) is 0 Å². The summed E-state index contributed by atoms with van der Waals surface area (Å²) in [5, 5.41) is 17.0. The van der Waals surface area contributed by atoms with Crippen LogP contribution in [0.5, 0.6) is 23.1 Å². The van der Waals surface area contributed by atoms with Crippen molar-refractivity contribution < 1.29 is 33.2 Å². The first-order chi connectivity index (χ1) is 17.9. The van der Waals surface area contributed by atoms with Crippen molar-refractivity contribution >= 4 is 28.2 Å². The van der Waals surface area contributed by atoms with Gasteiger partial charge in [0.05, 0.1) is 32.9 Å². The SMILES string of the molecule is COc1cccc(OC)c1C(=O)Nc1ccc2c(N=O)c(O)n(Cc3cc(F)cc4c3OCOC4)c2c1. The van der Waals surface area contributed by atoms with Gasteiger partial charge in [0.1, 0.15) is 28.6 Å². The van der Waals surface area contributed by atoms with Crippen LogP contribution >= 0.6 is 0 Å². The van der Waals surface area contributed by atoms with E-state index in [2.05, 4.69) is 10.5 Å². The van der Waals surface area contributed by atoms with E-state index in [9.17, 15) is 19.2 Å². The molecule has 190 valence electrons. The molecule has 3 aromatic carbocycles. The van der Waals surface area contributed by atoms with Crippen molar-refractivity contribution in [3.05, 3.63) is 75.9 Å². The van der Waals surface area contributed by atoms with Crippen molar-refractivity contribution in [1.29, 1.82) is 0 Å². The third kappa shape index (κ3) is 4.29. The standard InChI is InChI=1S/C26H22FN3O7/c1-34-20-4-3-5-21(35-2)22(20)25(31)28-17-6-7-18-19(10-17)30(26(32)23(18)29-33)11-14-8-16(27)9-15-12-36-13-37-24(14)15/h3-10,32H,11-13H2,1-2H3,(H,28,31). The molecule has 0 spiro atoms. The van der Waals surface area contributed by atoms with Crippen LogP contribution in [0, 0.1) is 10.7 Å². The van der Waals surface area contributed by atoms with Crippen LogP contribution in [0.4, 0.5) is 15.8 Å². The summed E-state index contributed by atoms with van der Waals surface area (Å²) in [6.07, 6.45) is 0. The summed E-state index contributed by atoms with van der Waals surface area (Å²) in [6, 6.07) is 12.3. The number of benzene rings is 3. The number of nitroso groups, excluding NO2 is 1. The lowest BCUT2D eigenvalue weighted by Gasteiger charge is -2.21. The number of hydrogen-bond donors (Lipinski definition) is 2. The van der Waals surface area contributed by atoms with Crippen LogP contribution in [0.3, 0.4) is 0 Å². The van der Waals surface area contributed by atoms with Crippen molar-refractivity contribution in [3.8, 4) is 23.1 Å². The molecule has 0 radical (unpaired) electrons. The Bertz CT molecular complexity index is 1510. The number of rotatable bonds is 7. The Labute approximate surface area is 210 Å². The van der Waals surface area contributed by atoms with Gasteiger partial charge in [-0.3, -0.25) is 4.79 Å². The number of hydrogen-bond acceptors (Lipinski definition) is 8.